The van der Waals surface area contributed by atoms with Gasteiger partial charge < -0.3 is 19.9 Å². The van der Waals surface area contributed by atoms with Crippen molar-refractivity contribution in [1.29, 1.82) is 0 Å². The smallest absolute Gasteiger partial charge is 0.153 e. The number of pyridine rings is 1. The summed E-state index contributed by atoms with van der Waals surface area (Å²) in [5, 5.41) is 0.907. The summed E-state index contributed by atoms with van der Waals surface area (Å²) in [5.41, 5.74) is 7.37. The first-order valence-electron chi connectivity index (χ1n) is 6.75. The number of benzene rings is 1. The molecule has 0 atom stereocenters. The first-order chi connectivity index (χ1) is 10.2. The van der Waals surface area contributed by atoms with E-state index in [0.717, 1.165) is 21.8 Å². The summed E-state index contributed by atoms with van der Waals surface area (Å²) in [6, 6.07) is 5.83. The van der Waals surface area contributed by atoms with Gasteiger partial charge in [-0.2, -0.15) is 0 Å². The lowest BCUT2D eigenvalue weighted by molar-refractivity contribution is 0.0645. The van der Waals surface area contributed by atoms with Gasteiger partial charge in [0.25, 0.3) is 0 Å². The minimum Gasteiger partial charge on any atom is -0.491 e. The van der Waals surface area contributed by atoms with E-state index in [4.69, 9.17) is 19.9 Å². The lowest BCUT2D eigenvalue weighted by Crippen LogP contribution is -2.07. The SMILES string of the molecule is COCCOCCCOc1c(N)cnc2ccc(Br)cc12. The van der Waals surface area contributed by atoms with Gasteiger partial charge in [0.1, 0.15) is 0 Å². The van der Waals surface area contributed by atoms with Crippen molar-refractivity contribution in [1.82, 2.24) is 4.98 Å². The lowest BCUT2D eigenvalue weighted by atomic mass is 10.2. The molecule has 1 heterocycles. The van der Waals surface area contributed by atoms with E-state index in [9.17, 15) is 0 Å². The molecule has 5 nitrogen and oxygen atoms in total. The van der Waals surface area contributed by atoms with Crippen molar-refractivity contribution in [3.8, 4) is 5.75 Å². The molecule has 0 saturated carbocycles. The van der Waals surface area contributed by atoms with Crippen molar-refractivity contribution >= 4 is 32.5 Å². The predicted molar refractivity (Wildman–Crippen MR) is 86.7 cm³/mol. The molecule has 2 rings (SSSR count). The second-order valence-electron chi connectivity index (χ2n) is 4.51. The molecular weight excluding hydrogens is 336 g/mol. The number of anilines is 1. The van der Waals surface area contributed by atoms with Gasteiger partial charge in [0.2, 0.25) is 0 Å². The average Bonchev–Trinajstić information content (AvgIpc) is 2.48. The Balaban J connectivity index is 1.95. The number of aromatic nitrogens is 1. The molecule has 0 saturated heterocycles. The second kappa shape index (κ2) is 8.17. The normalized spacial score (nSPS) is 11.0. The quantitative estimate of drug-likeness (QED) is 0.738. The number of hydrogen-bond acceptors (Lipinski definition) is 5. The van der Waals surface area contributed by atoms with Gasteiger partial charge in [-0.25, -0.2) is 0 Å². The molecule has 0 unspecified atom stereocenters. The van der Waals surface area contributed by atoms with Gasteiger partial charge in [0, 0.05) is 30.0 Å². The summed E-state index contributed by atoms with van der Waals surface area (Å²) >= 11 is 3.45. The monoisotopic (exact) mass is 354 g/mol. The Labute approximate surface area is 132 Å². The number of nitrogens with zero attached hydrogens (tertiary/aromatic N) is 1. The van der Waals surface area contributed by atoms with Gasteiger partial charge in [0.15, 0.2) is 5.75 Å². The first kappa shape index (κ1) is 16.0. The summed E-state index contributed by atoms with van der Waals surface area (Å²) in [4.78, 5) is 4.30. The van der Waals surface area contributed by atoms with Crippen LogP contribution in [0.25, 0.3) is 10.9 Å². The van der Waals surface area contributed by atoms with E-state index in [0.29, 0.717) is 37.9 Å². The van der Waals surface area contributed by atoms with Gasteiger partial charge in [-0.15, -0.1) is 0 Å². The van der Waals surface area contributed by atoms with Crippen molar-refractivity contribution < 1.29 is 14.2 Å². The zero-order valence-corrected chi connectivity index (χ0v) is 13.6. The van der Waals surface area contributed by atoms with E-state index in [2.05, 4.69) is 20.9 Å². The van der Waals surface area contributed by atoms with Crippen LogP contribution in [0.4, 0.5) is 5.69 Å². The third-order valence-electron chi connectivity index (χ3n) is 2.92. The van der Waals surface area contributed by atoms with E-state index in [-0.39, 0.29) is 0 Å². The Morgan fingerprint density at radius 1 is 1.19 bits per heavy atom. The molecule has 0 aliphatic heterocycles. The topological polar surface area (TPSA) is 66.6 Å². The molecule has 1 aromatic carbocycles. The van der Waals surface area contributed by atoms with Crippen molar-refractivity contribution in [3.05, 3.63) is 28.9 Å². The molecule has 0 amide bonds. The minimum atomic E-state index is 0.543. The van der Waals surface area contributed by atoms with Crippen LogP contribution in [0.3, 0.4) is 0 Å². The predicted octanol–water partition coefficient (Wildman–Crippen LogP) is 3.01. The standard InChI is InChI=1S/C15H19BrN2O3/c1-19-7-8-20-5-2-6-21-15-12-9-11(16)3-4-14(12)18-10-13(15)17/h3-4,9-10H,2,5-8,17H2,1H3. The highest BCUT2D eigenvalue weighted by atomic mass is 79.9. The van der Waals surface area contributed by atoms with Crippen LogP contribution in [0.5, 0.6) is 5.75 Å². The zero-order chi connectivity index (χ0) is 15.1. The Hall–Kier alpha value is -1.37. The summed E-state index contributed by atoms with van der Waals surface area (Å²) in [6.07, 6.45) is 2.42. The molecule has 2 N–H and O–H groups in total. The third-order valence-corrected chi connectivity index (χ3v) is 3.41. The molecule has 0 radical (unpaired) electrons. The third kappa shape index (κ3) is 4.56. The highest BCUT2D eigenvalue weighted by molar-refractivity contribution is 9.10. The Bertz CT molecular complexity index is 587. The average molecular weight is 355 g/mol. The molecule has 0 bridgehead atoms. The van der Waals surface area contributed by atoms with Gasteiger partial charge >= 0.3 is 0 Å². The highest BCUT2D eigenvalue weighted by Crippen LogP contribution is 2.32. The second-order valence-corrected chi connectivity index (χ2v) is 5.43. The van der Waals surface area contributed by atoms with Crippen LogP contribution in [0, 0.1) is 0 Å². The molecule has 114 valence electrons. The van der Waals surface area contributed by atoms with Crippen LogP contribution < -0.4 is 10.5 Å². The fourth-order valence-electron chi connectivity index (χ4n) is 1.90. The van der Waals surface area contributed by atoms with Crippen LogP contribution >= 0.6 is 15.9 Å². The number of ether oxygens (including phenoxy) is 3. The van der Waals surface area contributed by atoms with E-state index in [1.165, 1.54) is 0 Å². The van der Waals surface area contributed by atoms with Crippen LogP contribution in [0.1, 0.15) is 6.42 Å². The van der Waals surface area contributed by atoms with Crippen molar-refractivity contribution in [2.24, 2.45) is 0 Å². The molecule has 6 heteroatoms. The van der Waals surface area contributed by atoms with E-state index in [1.54, 1.807) is 13.3 Å². The molecule has 0 spiro atoms. The molecular formula is C15H19BrN2O3. The Morgan fingerprint density at radius 3 is 2.86 bits per heavy atom. The maximum absolute atomic E-state index is 5.97. The van der Waals surface area contributed by atoms with Crippen LogP contribution in [0.2, 0.25) is 0 Å². The first-order valence-corrected chi connectivity index (χ1v) is 7.55. The van der Waals surface area contributed by atoms with Crippen molar-refractivity contribution in [2.75, 3.05) is 39.3 Å². The number of methoxy groups -OCH3 is 1. The van der Waals surface area contributed by atoms with Crippen LogP contribution in [-0.4, -0.2) is 38.5 Å². The molecule has 0 fully saturated rings. The van der Waals surface area contributed by atoms with Gasteiger partial charge in [-0.1, -0.05) is 15.9 Å². The van der Waals surface area contributed by atoms with Crippen molar-refractivity contribution in [2.45, 2.75) is 6.42 Å². The minimum absolute atomic E-state index is 0.543. The summed E-state index contributed by atoms with van der Waals surface area (Å²) in [5.74, 6) is 0.679. The molecule has 1 aromatic heterocycles. The fourth-order valence-corrected chi connectivity index (χ4v) is 2.26. The van der Waals surface area contributed by atoms with Crippen LogP contribution in [-0.2, 0) is 9.47 Å². The summed E-state index contributed by atoms with van der Waals surface area (Å²) in [7, 11) is 1.65. The number of nitrogens with two attached hydrogens (primary N) is 1. The fraction of sp³-hybridized carbons (Fsp3) is 0.400. The van der Waals surface area contributed by atoms with Gasteiger partial charge in [0.05, 0.1) is 37.2 Å². The number of halogens is 1. The van der Waals surface area contributed by atoms with Gasteiger partial charge in [-0.05, 0) is 18.2 Å². The van der Waals surface area contributed by atoms with E-state index in [1.807, 2.05) is 18.2 Å². The number of nitrogen functional groups attached to an aromatic ring is 1. The summed E-state index contributed by atoms with van der Waals surface area (Å²) < 4.78 is 17.1. The van der Waals surface area contributed by atoms with Gasteiger partial charge in [-0.3, -0.25) is 4.98 Å². The zero-order valence-electron chi connectivity index (χ0n) is 12.0. The summed E-state index contributed by atoms with van der Waals surface area (Å²) in [6.45, 7) is 2.39. The highest BCUT2D eigenvalue weighted by Gasteiger charge is 2.08. The van der Waals surface area contributed by atoms with E-state index < -0.39 is 0 Å². The van der Waals surface area contributed by atoms with Crippen molar-refractivity contribution in [3.63, 3.8) is 0 Å². The molecule has 0 aliphatic rings. The Kier molecular flexibility index (Phi) is 6.22. The number of rotatable bonds is 8. The molecule has 2 aromatic rings. The number of fused-ring (bicyclic) bond motifs is 1. The molecule has 21 heavy (non-hydrogen) atoms. The lowest BCUT2D eigenvalue weighted by Gasteiger charge is -2.12. The Morgan fingerprint density at radius 2 is 2.05 bits per heavy atom. The van der Waals surface area contributed by atoms with Crippen LogP contribution in [0.15, 0.2) is 28.9 Å². The van der Waals surface area contributed by atoms with E-state index >= 15 is 0 Å². The maximum atomic E-state index is 5.97. The molecule has 0 aliphatic carbocycles. The number of hydrogen-bond donors (Lipinski definition) is 1. The largest absolute Gasteiger partial charge is 0.491 e. The maximum Gasteiger partial charge on any atom is 0.153 e.